The fraction of sp³-hybridized carbons (Fsp3) is 0. The Hall–Kier alpha value is -1.18. The normalized spacial score (nSPS) is 9.14. The molecule has 0 saturated carbocycles. The smallest absolute Gasteiger partial charge is 0.124 e. The number of nitrogens with zero attached hydrogens (tertiary/aromatic N) is 1. The Morgan fingerprint density at radius 1 is 0.929 bits per heavy atom. The van der Waals surface area contributed by atoms with E-state index in [1.165, 1.54) is 0 Å². The number of para-hydroxylation sites is 1. The summed E-state index contributed by atoms with van der Waals surface area (Å²) in [7, 11) is 0. The van der Waals surface area contributed by atoms with Crippen LogP contribution in [0.5, 0.6) is 5.75 Å². The topological polar surface area (TPSA) is 33.1 Å². The van der Waals surface area contributed by atoms with Crippen LogP contribution in [0.2, 0.25) is 0 Å². The molecule has 2 nitrogen and oxygen atoms in total. The van der Waals surface area contributed by atoms with Gasteiger partial charge in [0.1, 0.15) is 5.75 Å². The Morgan fingerprint density at radius 2 is 1.64 bits per heavy atom. The van der Waals surface area contributed by atoms with Crippen molar-refractivity contribution in [3.05, 3.63) is 48.7 Å². The van der Waals surface area contributed by atoms with Gasteiger partial charge in [-0.05, 0) is 24.3 Å². The third kappa shape index (κ3) is 2.19. The molecule has 1 N–H and O–H groups in total. The zero-order valence-corrected chi connectivity index (χ0v) is 9.74. The molecule has 0 unspecified atom stereocenters. The first-order valence-corrected chi connectivity index (χ1v) is 4.07. The van der Waals surface area contributed by atoms with E-state index in [2.05, 4.69) is 4.98 Å². The minimum atomic E-state index is 0. The molecular weight excluding hydrogens is 354 g/mol. The van der Waals surface area contributed by atoms with Gasteiger partial charge in [-0.15, -0.1) is 0 Å². The summed E-state index contributed by atoms with van der Waals surface area (Å²) in [5, 5.41) is 9.52. The summed E-state index contributed by atoms with van der Waals surface area (Å²) in [6.45, 7) is 0. The standard InChI is InChI=1S/C11H9NO.Ir/c13-11-7-2-1-5-9(11)10-6-3-4-8-12-10;/h1-8,13H;. The fourth-order valence-electron chi connectivity index (χ4n) is 1.21. The van der Waals surface area contributed by atoms with Gasteiger partial charge in [0.05, 0.1) is 5.69 Å². The number of phenolic OH excluding ortho intramolecular Hbond substituents is 1. The average Bonchev–Trinajstić information content (AvgIpc) is 2.20. The summed E-state index contributed by atoms with van der Waals surface area (Å²) in [4.78, 5) is 4.15. The van der Waals surface area contributed by atoms with Crippen LogP contribution in [0.15, 0.2) is 48.7 Å². The van der Waals surface area contributed by atoms with E-state index in [9.17, 15) is 5.11 Å². The second-order valence-corrected chi connectivity index (χ2v) is 2.73. The monoisotopic (exact) mass is 364 g/mol. The second-order valence-electron chi connectivity index (χ2n) is 2.73. The van der Waals surface area contributed by atoms with Crippen molar-refractivity contribution in [3.63, 3.8) is 0 Å². The maximum Gasteiger partial charge on any atom is 0.124 e. The Morgan fingerprint density at radius 3 is 2.29 bits per heavy atom. The van der Waals surface area contributed by atoms with Gasteiger partial charge in [0.25, 0.3) is 0 Å². The zero-order valence-electron chi connectivity index (χ0n) is 7.35. The Balaban J connectivity index is 0.000000980. The Labute approximate surface area is 96.0 Å². The molecule has 1 aromatic carbocycles. The first-order chi connectivity index (χ1) is 6.38. The molecule has 3 heteroatoms. The summed E-state index contributed by atoms with van der Waals surface area (Å²) in [6.07, 6.45) is 1.71. The fourth-order valence-corrected chi connectivity index (χ4v) is 1.21. The Bertz CT molecular complexity index is 403. The molecule has 0 spiro atoms. The quantitative estimate of drug-likeness (QED) is 0.844. The third-order valence-corrected chi connectivity index (χ3v) is 1.84. The minimum absolute atomic E-state index is 0. The van der Waals surface area contributed by atoms with E-state index < -0.39 is 0 Å². The zero-order chi connectivity index (χ0) is 9.10. The molecule has 73 valence electrons. The van der Waals surface area contributed by atoms with Crippen molar-refractivity contribution < 1.29 is 25.2 Å². The van der Waals surface area contributed by atoms with E-state index in [1.54, 1.807) is 18.3 Å². The van der Waals surface area contributed by atoms with Gasteiger partial charge in [-0.2, -0.15) is 0 Å². The molecule has 2 aromatic rings. The van der Waals surface area contributed by atoms with Gasteiger partial charge in [-0.1, -0.05) is 18.2 Å². The number of hydrogen-bond acceptors (Lipinski definition) is 2. The van der Waals surface area contributed by atoms with E-state index in [0.717, 1.165) is 11.3 Å². The van der Waals surface area contributed by atoms with Crippen LogP contribution in [0, 0.1) is 0 Å². The SMILES string of the molecule is Oc1ccccc1-c1ccccn1.[Ir]. The van der Waals surface area contributed by atoms with Crippen molar-refractivity contribution in [1.82, 2.24) is 4.98 Å². The Kier molecular flexibility index (Phi) is 3.81. The van der Waals surface area contributed by atoms with Gasteiger partial charge < -0.3 is 5.11 Å². The van der Waals surface area contributed by atoms with Gasteiger partial charge >= 0.3 is 0 Å². The van der Waals surface area contributed by atoms with Gasteiger partial charge in [0.2, 0.25) is 0 Å². The van der Waals surface area contributed by atoms with Crippen LogP contribution < -0.4 is 0 Å². The summed E-state index contributed by atoms with van der Waals surface area (Å²) in [5.74, 6) is 0.265. The molecule has 0 amide bonds. The summed E-state index contributed by atoms with van der Waals surface area (Å²) >= 11 is 0. The summed E-state index contributed by atoms with van der Waals surface area (Å²) in [5.41, 5.74) is 1.56. The van der Waals surface area contributed by atoms with Crippen molar-refractivity contribution in [1.29, 1.82) is 0 Å². The number of aromatic hydroxyl groups is 1. The summed E-state index contributed by atoms with van der Waals surface area (Å²) < 4.78 is 0. The van der Waals surface area contributed by atoms with Crippen molar-refractivity contribution in [2.24, 2.45) is 0 Å². The van der Waals surface area contributed by atoms with Crippen molar-refractivity contribution in [3.8, 4) is 17.0 Å². The van der Waals surface area contributed by atoms with Crippen LogP contribution in [0.25, 0.3) is 11.3 Å². The molecule has 0 aliphatic carbocycles. The van der Waals surface area contributed by atoms with Gasteiger partial charge in [-0.25, -0.2) is 0 Å². The van der Waals surface area contributed by atoms with Crippen molar-refractivity contribution in [2.75, 3.05) is 0 Å². The van der Waals surface area contributed by atoms with E-state index in [4.69, 9.17) is 0 Å². The van der Waals surface area contributed by atoms with E-state index in [0.29, 0.717) is 0 Å². The minimum Gasteiger partial charge on any atom is -0.507 e. The molecule has 14 heavy (non-hydrogen) atoms. The van der Waals surface area contributed by atoms with Gasteiger partial charge in [-0.3, -0.25) is 4.98 Å². The molecule has 0 fully saturated rings. The molecule has 0 bridgehead atoms. The predicted molar refractivity (Wildman–Crippen MR) is 51.3 cm³/mol. The van der Waals surface area contributed by atoms with E-state index in [1.807, 2.05) is 30.3 Å². The molecule has 0 atom stereocenters. The van der Waals surface area contributed by atoms with Crippen LogP contribution >= 0.6 is 0 Å². The number of benzene rings is 1. The molecule has 0 saturated heterocycles. The van der Waals surface area contributed by atoms with E-state index in [-0.39, 0.29) is 25.9 Å². The van der Waals surface area contributed by atoms with Gasteiger partial charge in [0, 0.05) is 31.9 Å². The molecule has 1 aromatic heterocycles. The number of hydrogen-bond donors (Lipinski definition) is 1. The molecule has 1 heterocycles. The largest absolute Gasteiger partial charge is 0.507 e. The number of aromatic nitrogens is 1. The van der Waals surface area contributed by atoms with Crippen LogP contribution in [-0.4, -0.2) is 10.1 Å². The number of pyridine rings is 1. The molecule has 1 radical (unpaired) electrons. The predicted octanol–water partition coefficient (Wildman–Crippen LogP) is 2.45. The average molecular weight is 363 g/mol. The van der Waals surface area contributed by atoms with Gasteiger partial charge in [0.15, 0.2) is 0 Å². The maximum atomic E-state index is 9.52. The number of phenols is 1. The third-order valence-electron chi connectivity index (χ3n) is 1.84. The van der Waals surface area contributed by atoms with Crippen LogP contribution in [0.3, 0.4) is 0 Å². The maximum absolute atomic E-state index is 9.52. The van der Waals surface area contributed by atoms with Crippen LogP contribution in [0.1, 0.15) is 0 Å². The first kappa shape index (κ1) is 10.9. The van der Waals surface area contributed by atoms with Crippen LogP contribution in [0.4, 0.5) is 0 Å². The summed E-state index contributed by atoms with van der Waals surface area (Å²) in [6, 6.07) is 12.8. The number of rotatable bonds is 1. The molecule has 0 aliphatic rings. The second kappa shape index (κ2) is 4.89. The van der Waals surface area contributed by atoms with Crippen molar-refractivity contribution in [2.45, 2.75) is 0 Å². The van der Waals surface area contributed by atoms with Crippen molar-refractivity contribution >= 4 is 0 Å². The molecule has 2 rings (SSSR count). The first-order valence-electron chi connectivity index (χ1n) is 4.07. The molecule has 0 aliphatic heterocycles. The molecular formula is C11H9IrNO. The van der Waals surface area contributed by atoms with Crippen LogP contribution in [-0.2, 0) is 20.1 Å². The van der Waals surface area contributed by atoms with E-state index >= 15 is 0 Å².